The van der Waals surface area contributed by atoms with Crippen LogP contribution in [-0.4, -0.2) is 60.6 Å². The Hall–Kier alpha value is -0.120. The SMILES string of the molecule is CCCC(CNC1CC1)N1CC(C)N(C)C(C)C1. The van der Waals surface area contributed by atoms with E-state index >= 15 is 0 Å². The molecule has 3 atom stereocenters. The summed E-state index contributed by atoms with van der Waals surface area (Å²) in [7, 11) is 2.27. The van der Waals surface area contributed by atoms with Crippen LogP contribution in [0.3, 0.4) is 0 Å². The molecule has 0 amide bonds. The molecule has 0 aromatic rings. The minimum atomic E-state index is 0.689. The molecule has 1 aliphatic carbocycles. The Bertz CT molecular complexity index is 240. The minimum Gasteiger partial charge on any atom is -0.312 e. The van der Waals surface area contributed by atoms with Crippen molar-refractivity contribution in [3.63, 3.8) is 0 Å². The third-order valence-corrected chi connectivity index (χ3v) is 4.75. The van der Waals surface area contributed by atoms with Crippen LogP contribution in [0, 0.1) is 0 Å². The fourth-order valence-electron chi connectivity index (χ4n) is 3.08. The molecule has 3 heteroatoms. The molecule has 0 aromatic carbocycles. The summed E-state index contributed by atoms with van der Waals surface area (Å²) in [5, 5.41) is 3.72. The average molecular weight is 253 g/mol. The van der Waals surface area contributed by atoms with Crippen molar-refractivity contribution in [3.8, 4) is 0 Å². The van der Waals surface area contributed by atoms with Gasteiger partial charge in [0, 0.05) is 43.8 Å². The normalized spacial score (nSPS) is 32.7. The van der Waals surface area contributed by atoms with Gasteiger partial charge in [-0.05, 0) is 40.2 Å². The van der Waals surface area contributed by atoms with Gasteiger partial charge < -0.3 is 5.32 Å². The summed E-state index contributed by atoms with van der Waals surface area (Å²) in [5.41, 5.74) is 0. The molecule has 0 radical (unpaired) electrons. The van der Waals surface area contributed by atoms with Crippen molar-refractivity contribution in [2.24, 2.45) is 0 Å². The Kier molecular flexibility index (Phi) is 5.05. The monoisotopic (exact) mass is 253 g/mol. The zero-order valence-electron chi connectivity index (χ0n) is 12.7. The number of hydrogen-bond donors (Lipinski definition) is 1. The Morgan fingerprint density at radius 2 is 1.78 bits per heavy atom. The molecular weight excluding hydrogens is 222 g/mol. The van der Waals surface area contributed by atoms with E-state index in [0.29, 0.717) is 12.1 Å². The van der Waals surface area contributed by atoms with Gasteiger partial charge in [-0.15, -0.1) is 0 Å². The van der Waals surface area contributed by atoms with Crippen molar-refractivity contribution < 1.29 is 0 Å². The highest BCUT2D eigenvalue weighted by Crippen LogP contribution is 2.21. The van der Waals surface area contributed by atoms with Gasteiger partial charge in [-0.2, -0.15) is 0 Å². The smallest absolute Gasteiger partial charge is 0.0221 e. The van der Waals surface area contributed by atoms with Crippen LogP contribution >= 0.6 is 0 Å². The highest BCUT2D eigenvalue weighted by Gasteiger charge is 2.31. The van der Waals surface area contributed by atoms with E-state index in [-0.39, 0.29) is 0 Å². The summed E-state index contributed by atoms with van der Waals surface area (Å²) < 4.78 is 0. The number of piperazine rings is 1. The predicted molar refractivity (Wildman–Crippen MR) is 78.0 cm³/mol. The zero-order valence-corrected chi connectivity index (χ0v) is 12.7. The molecule has 1 saturated carbocycles. The molecule has 3 nitrogen and oxygen atoms in total. The van der Waals surface area contributed by atoms with Crippen LogP contribution in [-0.2, 0) is 0 Å². The first-order valence-corrected chi connectivity index (χ1v) is 7.81. The van der Waals surface area contributed by atoms with Crippen molar-refractivity contribution in [2.45, 2.75) is 70.6 Å². The second-order valence-corrected chi connectivity index (χ2v) is 6.44. The van der Waals surface area contributed by atoms with E-state index in [1.165, 1.54) is 45.3 Å². The molecule has 106 valence electrons. The summed E-state index contributed by atoms with van der Waals surface area (Å²) in [4.78, 5) is 5.25. The van der Waals surface area contributed by atoms with Crippen LogP contribution in [0.15, 0.2) is 0 Å². The quantitative estimate of drug-likeness (QED) is 0.780. The van der Waals surface area contributed by atoms with Crippen LogP contribution in [0.2, 0.25) is 0 Å². The number of likely N-dealkylation sites (N-methyl/N-ethyl adjacent to an activating group) is 1. The molecule has 1 saturated heterocycles. The van der Waals surface area contributed by atoms with E-state index in [1.54, 1.807) is 0 Å². The van der Waals surface area contributed by atoms with Crippen molar-refractivity contribution in [1.82, 2.24) is 15.1 Å². The van der Waals surface area contributed by atoms with Gasteiger partial charge in [0.1, 0.15) is 0 Å². The zero-order chi connectivity index (χ0) is 13.1. The van der Waals surface area contributed by atoms with Crippen molar-refractivity contribution >= 4 is 0 Å². The van der Waals surface area contributed by atoms with Gasteiger partial charge in [-0.1, -0.05) is 13.3 Å². The molecule has 2 fully saturated rings. The van der Waals surface area contributed by atoms with E-state index in [4.69, 9.17) is 0 Å². The molecule has 18 heavy (non-hydrogen) atoms. The standard InChI is InChI=1S/C15H31N3/c1-5-6-15(9-16-14-7-8-14)18-10-12(2)17(4)13(3)11-18/h12-16H,5-11H2,1-4H3. The highest BCUT2D eigenvalue weighted by atomic mass is 15.3. The molecule has 2 aliphatic rings. The van der Waals surface area contributed by atoms with Crippen molar-refractivity contribution in [2.75, 3.05) is 26.7 Å². The first-order valence-electron chi connectivity index (χ1n) is 7.81. The predicted octanol–water partition coefficient (Wildman–Crippen LogP) is 1.93. The van der Waals surface area contributed by atoms with Gasteiger partial charge in [-0.25, -0.2) is 0 Å². The van der Waals surface area contributed by atoms with Gasteiger partial charge in [0.15, 0.2) is 0 Å². The molecule has 1 N–H and O–H groups in total. The van der Waals surface area contributed by atoms with E-state index in [0.717, 1.165) is 12.1 Å². The van der Waals surface area contributed by atoms with E-state index in [9.17, 15) is 0 Å². The maximum absolute atomic E-state index is 3.72. The first kappa shape index (κ1) is 14.3. The second-order valence-electron chi connectivity index (χ2n) is 6.44. The molecule has 1 heterocycles. The summed E-state index contributed by atoms with van der Waals surface area (Å²) in [6, 6.07) is 2.96. The van der Waals surface area contributed by atoms with E-state index in [1.807, 2.05) is 0 Å². The van der Waals surface area contributed by atoms with Gasteiger partial charge in [0.05, 0.1) is 0 Å². The second kappa shape index (κ2) is 6.36. The van der Waals surface area contributed by atoms with E-state index in [2.05, 4.69) is 42.9 Å². The van der Waals surface area contributed by atoms with Crippen molar-refractivity contribution in [1.29, 1.82) is 0 Å². The lowest BCUT2D eigenvalue weighted by Gasteiger charge is -2.45. The Balaban J connectivity index is 1.87. The largest absolute Gasteiger partial charge is 0.312 e. The minimum absolute atomic E-state index is 0.689. The first-order chi connectivity index (χ1) is 8.61. The summed E-state index contributed by atoms with van der Waals surface area (Å²) in [6.45, 7) is 10.7. The van der Waals surface area contributed by atoms with Gasteiger partial charge >= 0.3 is 0 Å². The molecule has 0 spiro atoms. The lowest BCUT2D eigenvalue weighted by atomic mass is 10.0. The average Bonchev–Trinajstić information content (AvgIpc) is 3.15. The van der Waals surface area contributed by atoms with Crippen molar-refractivity contribution in [3.05, 3.63) is 0 Å². The maximum Gasteiger partial charge on any atom is 0.0221 e. The summed E-state index contributed by atoms with van der Waals surface area (Å²) >= 11 is 0. The third-order valence-electron chi connectivity index (χ3n) is 4.75. The van der Waals surface area contributed by atoms with Crippen LogP contribution in [0.4, 0.5) is 0 Å². The van der Waals surface area contributed by atoms with Crippen LogP contribution in [0.1, 0.15) is 46.5 Å². The summed E-state index contributed by atoms with van der Waals surface area (Å²) in [5.74, 6) is 0. The van der Waals surface area contributed by atoms with Gasteiger partial charge in [-0.3, -0.25) is 9.80 Å². The number of nitrogens with zero attached hydrogens (tertiary/aromatic N) is 2. The van der Waals surface area contributed by atoms with Crippen LogP contribution in [0.5, 0.6) is 0 Å². The molecule has 1 aliphatic heterocycles. The lowest BCUT2D eigenvalue weighted by molar-refractivity contribution is 0.0309. The molecular formula is C15H31N3. The Morgan fingerprint density at radius 1 is 1.17 bits per heavy atom. The molecule has 0 aromatic heterocycles. The summed E-state index contributed by atoms with van der Waals surface area (Å²) in [6.07, 6.45) is 5.43. The topological polar surface area (TPSA) is 18.5 Å². The maximum atomic E-state index is 3.72. The fourth-order valence-corrected chi connectivity index (χ4v) is 3.08. The van der Waals surface area contributed by atoms with Crippen LogP contribution < -0.4 is 5.32 Å². The number of hydrogen-bond acceptors (Lipinski definition) is 3. The number of nitrogens with one attached hydrogen (secondary N) is 1. The number of rotatable bonds is 6. The molecule has 2 rings (SSSR count). The van der Waals surface area contributed by atoms with Gasteiger partial charge in [0.2, 0.25) is 0 Å². The van der Waals surface area contributed by atoms with Crippen LogP contribution in [0.25, 0.3) is 0 Å². The third kappa shape index (κ3) is 3.69. The lowest BCUT2D eigenvalue weighted by Crippen LogP contribution is -2.59. The van der Waals surface area contributed by atoms with E-state index < -0.39 is 0 Å². The molecule has 0 bridgehead atoms. The van der Waals surface area contributed by atoms with Gasteiger partial charge in [0.25, 0.3) is 0 Å². The Labute approximate surface area is 113 Å². The highest BCUT2D eigenvalue weighted by molar-refractivity contribution is 4.89. The fraction of sp³-hybridized carbons (Fsp3) is 1.00. The Morgan fingerprint density at radius 3 is 2.28 bits per heavy atom. The molecule has 3 unspecified atom stereocenters.